The Bertz CT molecular complexity index is 3070. The number of piperazine rings is 1. The molecule has 3 saturated heterocycles. The number of ether oxygens (including phenoxy) is 2. The number of hydrogen-bond acceptors (Lipinski definition) is 9. The number of nitrogens with zero attached hydrogens (tertiary/aromatic N) is 4. The van der Waals surface area contributed by atoms with Crippen molar-refractivity contribution in [2.45, 2.75) is 57.7 Å². The van der Waals surface area contributed by atoms with E-state index in [2.05, 4.69) is 73.6 Å². The number of piperidine rings is 2. The second-order valence-corrected chi connectivity index (χ2v) is 19.9. The van der Waals surface area contributed by atoms with Gasteiger partial charge in [0.2, 0.25) is 17.7 Å². The lowest BCUT2D eigenvalue weighted by Crippen LogP contribution is -2.49. The summed E-state index contributed by atoms with van der Waals surface area (Å²) in [7, 11) is 1.71. The van der Waals surface area contributed by atoms with Crippen molar-refractivity contribution >= 4 is 62.2 Å². The number of halogens is 1. The first kappa shape index (κ1) is 46.1. The Morgan fingerprint density at radius 1 is 0.761 bits per heavy atom. The fourth-order valence-electron chi connectivity index (χ4n) is 10.9. The Kier molecular flexibility index (Phi) is 12.4. The average Bonchev–Trinajstić information content (AvgIpc) is 4.14. The largest absolute Gasteiger partial charge is 0.495 e. The van der Waals surface area contributed by atoms with E-state index >= 15 is 0 Å². The lowest BCUT2D eigenvalue weighted by Gasteiger charge is -2.39. The highest BCUT2D eigenvalue weighted by Gasteiger charge is 2.56. The molecule has 14 heteroatoms. The zero-order valence-electron chi connectivity index (χ0n) is 40.0. The van der Waals surface area contributed by atoms with Crippen molar-refractivity contribution < 1.29 is 33.0 Å². The molecule has 71 heavy (non-hydrogen) atoms. The zero-order valence-corrected chi connectivity index (χ0v) is 40.0. The number of anilines is 3. The number of fused-ring (bicyclic) bond motifs is 4. The van der Waals surface area contributed by atoms with E-state index < -0.39 is 23.2 Å². The summed E-state index contributed by atoms with van der Waals surface area (Å²) < 4.78 is 25.8. The molecule has 11 rings (SSSR count). The van der Waals surface area contributed by atoms with Gasteiger partial charge in [-0.3, -0.25) is 24.1 Å². The van der Waals surface area contributed by atoms with Crippen LogP contribution < -0.4 is 30.3 Å². The Morgan fingerprint density at radius 3 is 2.14 bits per heavy atom. The third kappa shape index (κ3) is 9.41. The van der Waals surface area contributed by atoms with Crippen molar-refractivity contribution in [3.05, 3.63) is 144 Å². The maximum Gasteiger partial charge on any atom is 0.255 e. The van der Waals surface area contributed by atoms with Gasteiger partial charge in [-0.1, -0.05) is 36.9 Å². The van der Waals surface area contributed by atoms with Crippen LogP contribution in [0.3, 0.4) is 0 Å². The summed E-state index contributed by atoms with van der Waals surface area (Å²) in [4.78, 5) is 62.0. The Labute approximate surface area is 412 Å². The molecule has 1 atom stereocenters. The van der Waals surface area contributed by atoms with Gasteiger partial charge in [-0.15, -0.1) is 0 Å². The average molecular weight is 956 g/mol. The highest BCUT2D eigenvalue weighted by molar-refractivity contribution is 6.17. The topological polar surface area (TPSA) is 136 Å². The fraction of sp³-hybridized carbons (Fsp3) is 0.333. The predicted molar refractivity (Wildman–Crippen MR) is 273 cm³/mol. The number of rotatable bonds is 13. The molecule has 13 nitrogen and oxygen atoms in total. The number of carbonyl (C=O) groups excluding carboxylic acids is 4. The van der Waals surface area contributed by atoms with E-state index in [4.69, 9.17) is 9.47 Å². The van der Waals surface area contributed by atoms with Crippen molar-refractivity contribution in [2.24, 2.45) is 11.3 Å². The molecule has 4 aliphatic heterocycles. The van der Waals surface area contributed by atoms with Gasteiger partial charge in [0, 0.05) is 86.9 Å². The van der Waals surface area contributed by atoms with Crippen molar-refractivity contribution in [3.63, 3.8) is 0 Å². The van der Waals surface area contributed by atoms with Gasteiger partial charge in [0.1, 0.15) is 34.5 Å². The van der Waals surface area contributed by atoms with Gasteiger partial charge in [-0.25, -0.2) is 4.39 Å². The molecule has 0 spiro atoms. The number of allylic oxidation sites excluding steroid dienone is 1. The quantitative estimate of drug-likeness (QED) is 0.0970. The number of benzene rings is 6. The Hall–Kier alpha value is -7.29. The molecular formula is C57H58FN7O6. The first-order valence-corrected chi connectivity index (χ1v) is 24.8. The molecule has 3 N–H and O–H groups in total. The second-order valence-electron chi connectivity index (χ2n) is 19.9. The number of carbonyl (C=O) groups is 4. The van der Waals surface area contributed by atoms with Crippen LogP contribution in [0.2, 0.25) is 0 Å². The summed E-state index contributed by atoms with van der Waals surface area (Å²) in [5, 5.41) is 12.7. The van der Waals surface area contributed by atoms with Crippen LogP contribution in [0.5, 0.6) is 17.2 Å². The highest BCUT2D eigenvalue weighted by atomic mass is 19.1. The van der Waals surface area contributed by atoms with E-state index in [1.807, 2.05) is 24.3 Å². The van der Waals surface area contributed by atoms with Crippen molar-refractivity contribution in [2.75, 3.05) is 68.5 Å². The normalized spacial score (nSPS) is 19.4. The van der Waals surface area contributed by atoms with Gasteiger partial charge in [0.15, 0.2) is 0 Å². The minimum Gasteiger partial charge on any atom is -0.495 e. The first-order chi connectivity index (χ1) is 34.5. The monoisotopic (exact) mass is 955 g/mol. The van der Waals surface area contributed by atoms with E-state index in [1.54, 1.807) is 36.3 Å². The molecule has 6 aromatic rings. The van der Waals surface area contributed by atoms with Crippen LogP contribution in [0.1, 0.15) is 60.0 Å². The molecule has 6 aromatic carbocycles. The summed E-state index contributed by atoms with van der Waals surface area (Å²) in [6, 6.07) is 33.0. The van der Waals surface area contributed by atoms with Crippen molar-refractivity contribution in [1.29, 1.82) is 0 Å². The van der Waals surface area contributed by atoms with Crippen LogP contribution in [-0.4, -0.2) is 97.3 Å². The number of amides is 4. The van der Waals surface area contributed by atoms with Gasteiger partial charge >= 0.3 is 0 Å². The highest BCUT2D eigenvalue weighted by Crippen LogP contribution is 2.48. The summed E-state index contributed by atoms with van der Waals surface area (Å²) in [6.45, 7) is 12.3. The fourth-order valence-corrected chi connectivity index (χ4v) is 10.9. The molecule has 0 unspecified atom stereocenters. The van der Waals surface area contributed by atoms with Crippen LogP contribution in [-0.2, 0) is 27.5 Å². The molecule has 4 amide bonds. The van der Waals surface area contributed by atoms with Crippen molar-refractivity contribution in [3.8, 4) is 17.2 Å². The smallest absolute Gasteiger partial charge is 0.255 e. The number of methoxy groups -OCH3 is 1. The maximum atomic E-state index is 13.5. The van der Waals surface area contributed by atoms with E-state index in [-0.39, 0.29) is 17.7 Å². The van der Waals surface area contributed by atoms with E-state index in [0.717, 1.165) is 104 Å². The maximum absolute atomic E-state index is 13.5. The standard InChI is InChI=1S/C57H58FN7O6/c1-36-6-19-49(53(66)59-36)65-35-48-45(54(65)67)18-9-39-8-7-38(30-46(39)48)34-63-28-26-62(27-29-63)33-37-20-24-64(25-21-37)50-31-40-4-3-5-51(47(40)32-52(50)70-2)71-44-16-14-43(15-17-44)61-56(69)57(22-23-57)55(68)60-42-12-10-41(58)11-13-42/h3-5,7-18,30-32,37,49H,1,6,19-29,33-35H2,2H3,(H,59,66)(H,60,68)(H,61,69)/t49-/m0/s1. The van der Waals surface area contributed by atoms with Crippen LogP contribution in [0.25, 0.3) is 21.5 Å². The van der Waals surface area contributed by atoms with E-state index in [0.29, 0.717) is 72.3 Å². The molecule has 0 aromatic heterocycles. The minimum absolute atomic E-state index is 0.0659. The molecule has 0 radical (unpaired) electrons. The van der Waals surface area contributed by atoms with E-state index in [9.17, 15) is 23.6 Å². The van der Waals surface area contributed by atoms with Gasteiger partial charge < -0.3 is 40.1 Å². The molecule has 364 valence electrons. The first-order valence-electron chi connectivity index (χ1n) is 24.8. The van der Waals surface area contributed by atoms with Gasteiger partial charge in [0.25, 0.3) is 5.91 Å². The second kappa shape index (κ2) is 19.1. The lowest BCUT2D eigenvalue weighted by atomic mass is 9.95. The zero-order chi connectivity index (χ0) is 48.8. The van der Waals surface area contributed by atoms with Gasteiger partial charge in [-0.05, 0) is 151 Å². The Balaban J connectivity index is 0.663. The van der Waals surface area contributed by atoms with Crippen molar-refractivity contribution in [1.82, 2.24) is 20.0 Å². The van der Waals surface area contributed by atoms with Crippen LogP contribution in [0.4, 0.5) is 21.5 Å². The molecule has 0 bridgehead atoms. The molecule has 5 aliphatic rings. The summed E-state index contributed by atoms with van der Waals surface area (Å²) in [6.07, 6.45) is 4.36. The molecular weight excluding hydrogens is 898 g/mol. The number of hydrogen-bond donors (Lipinski definition) is 3. The molecule has 1 aliphatic carbocycles. The minimum atomic E-state index is -1.16. The molecule has 4 heterocycles. The number of nitrogens with one attached hydrogen (secondary N) is 3. The third-order valence-corrected chi connectivity index (χ3v) is 15.3. The molecule has 4 fully saturated rings. The van der Waals surface area contributed by atoms with Gasteiger partial charge in [0.05, 0.1) is 12.8 Å². The summed E-state index contributed by atoms with van der Waals surface area (Å²) in [5.41, 5.74) is 4.58. The van der Waals surface area contributed by atoms with Crippen LogP contribution in [0.15, 0.2) is 121 Å². The van der Waals surface area contributed by atoms with E-state index in [1.165, 1.54) is 29.8 Å². The lowest BCUT2D eigenvalue weighted by molar-refractivity contribution is -0.131. The predicted octanol–water partition coefficient (Wildman–Crippen LogP) is 9.07. The summed E-state index contributed by atoms with van der Waals surface area (Å²) >= 11 is 0. The summed E-state index contributed by atoms with van der Waals surface area (Å²) in [5.74, 6) is 1.30. The van der Waals surface area contributed by atoms with Crippen LogP contribution >= 0.6 is 0 Å². The molecule has 1 saturated carbocycles. The van der Waals surface area contributed by atoms with Gasteiger partial charge in [-0.2, -0.15) is 0 Å². The SMILES string of the molecule is C=C1CC[C@H](N2Cc3c(ccc4ccc(CN5CCN(CC6CCN(c7cc8cccc(Oc9ccc(NC(=O)C%10(C(=O)Nc%11ccc(F)cc%11)CC%10)cc9)c8cc7OC)CC6)CC5)cc34)C2=O)C(=O)N1. The third-order valence-electron chi connectivity index (χ3n) is 15.3. The Morgan fingerprint density at radius 2 is 1.45 bits per heavy atom. The van der Waals surface area contributed by atoms with Crippen LogP contribution in [0, 0.1) is 17.2 Å².